The smallest absolute Gasteiger partial charge is 0.306 e. The maximum atomic E-state index is 12.7. The molecule has 0 spiro atoms. The van der Waals surface area contributed by atoms with Crippen LogP contribution in [-0.4, -0.2) is 40.3 Å². The number of nitrogens with zero attached hydrogens (tertiary/aromatic N) is 1. The standard InChI is InChI=1S/C25H37NO4S2/c1-16-9-7-6-8-10-21(27)19(4)24(29)17(2)11-12-23(28)30-22(13-16)18(3)14-20-15-32-25(26-20)31-5/h9,14-15,17,19,21-22,27H,6-8,10-13H2,1-5H3/b16-9-,18-14+/t17?,19-,21?,22?/m1/s1. The number of allylic oxidation sites excluding steroid dienone is 1. The summed E-state index contributed by atoms with van der Waals surface area (Å²) in [7, 11) is 0. The predicted octanol–water partition coefficient (Wildman–Crippen LogP) is 6.07. The Balaban J connectivity index is 2.19. The van der Waals surface area contributed by atoms with E-state index in [4.69, 9.17) is 4.74 Å². The van der Waals surface area contributed by atoms with Crippen LogP contribution in [-0.2, 0) is 14.3 Å². The number of aliphatic hydroxyl groups is 1. The normalized spacial score (nSPS) is 29.3. The van der Waals surface area contributed by atoms with Crippen molar-refractivity contribution in [2.24, 2.45) is 11.8 Å². The highest BCUT2D eigenvalue weighted by Crippen LogP contribution is 2.25. The van der Waals surface area contributed by atoms with Crippen molar-refractivity contribution in [1.82, 2.24) is 4.98 Å². The second-order valence-corrected chi connectivity index (χ2v) is 10.8. The molecule has 2 heterocycles. The topological polar surface area (TPSA) is 76.5 Å². The van der Waals surface area contributed by atoms with Crippen LogP contribution in [0.15, 0.2) is 26.9 Å². The first-order valence-corrected chi connectivity index (χ1v) is 13.6. The molecule has 1 aromatic heterocycles. The molecular formula is C25H37NO4S2. The van der Waals surface area contributed by atoms with Gasteiger partial charge in [0, 0.05) is 30.1 Å². The Morgan fingerprint density at radius 1 is 1.28 bits per heavy atom. The number of rotatable bonds is 3. The van der Waals surface area contributed by atoms with Crippen LogP contribution in [0.1, 0.15) is 78.3 Å². The summed E-state index contributed by atoms with van der Waals surface area (Å²) in [5, 5.41) is 12.4. The average Bonchev–Trinajstić information content (AvgIpc) is 3.22. The van der Waals surface area contributed by atoms with E-state index in [-0.39, 0.29) is 30.2 Å². The maximum absolute atomic E-state index is 12.7. The lowest BCUT2D eigenvalue weighted by molar-refractivity contribution is -0.147. The highest BCUT2D eigenvalue weighted by Gasteiger charge is 2.27. The number of Topliss-reactive ketones (excluding diaryl/α,β-unsaturated/α-hetero) is 1. The highest BCUT2D eigenvalue weighted by atomic mass is 32.2. The van der Waals surface area contributed by atoms with Gasteiger partial charge in [-0.25, -0.2) is 4.98 Å². The van der Waals surface area contributed by atoms with E-state index < -0.39 is 12.0 Å². The fourth-order valence-corrected chi connectivity index (χ4v) is 5.08. The third-order valence-electron chi connectivity index (χ3n) is 6.08. The molecule has 32 heavy (non-hydrogen) atoms. The zero-order chi connectivity index (χ0) is 23.7. The zero-order valence-electron chi connectivity index (χ0n) is 19.9. The van der Waals surface area contributed by atoms with E-state index in [9.17, 15) is 14.7 Å². The van der Waals surface area contributed by atoms with E-state index in [0.29, 0.717) is 19.3 Å². The van der Waals surface area contributed by atoms with Crippen LogP contribution in [0.2, 0.25) is 0 Å². The maximum Gasteiger partial charge on any atom is 0.306 e. The molecule has 2 rings (SSSR count). The Morgan fingerprint density at radius 3 is 2.72 bits per heavy atom. The monoisotopic (exact) mass is 479 g/mol. The fourth-order valence-electron chi connectivity index (χ4n) is 3.86. The number of aromatic nitrogens is 1. The number of hydrogen-bond acceptors (Lipinski definition) is 7. The van der Waals surface area contributed by atoms with Crippen molar-refractivity contribution in [2.45, 2.75) is 89.2 Å². The van der Waals surface area contributed by atoms with E-state index in [2.05, 4.69) is 18.0 Å². The Hall–Kier alpha value is -1.44. The van der Waals surface area contributed by atoms with Crippen molar-refractivity contribution in [3.05, 3.63) is 28.3 Å². The molecule has 178 valence electrons. The first-order chi connectivity index (χ1) is 15.2. The molecule has 1 aliphatic heterocycles. The van der Waals surface area contributed by atoms with E-state index in [1.807, 2.05) is 31.6 Å². The summed E-state index contributed by atoms with van der Waals surface area (Å²) in [4.78, 5) is 29.9. The summed E-state index contributed by atoms with van der Waals surface area (Å²) in [5.41, 5.74) is 3.03. The number of thiazole rings is 1. The van der Waals surface area contributed by atoms with Crippen molar-refractivity contribution in [1.29, 1.82) is 0 Å². The first-order valence-electron chi connectivity index (χ1n) is 11.5. The van der Waals surface area contributed by atoms with Crippen LogP contribution in [0.25, 0.3) is 6.08 Å². The molecule has 1 N–H and O–H groups in total. The van der Waals surface area contributed by atoms with E-state index in [0.717, 1.165) is 34.9 Å². The average molecular weight is 480 g/mol. The van der Waals surface area contributed by atoms with E-state index in [1.165, 1.54) is 5.57 Å². The Kier molecular flexibility index (Phi) is 11.2. The van der Waals surface area contributed by atoms with Crippen LogP contribution in [0.3, 0.4) is 0 Å². The first kappa shape index (κ1) is 26.8. The molecule has 4 atom stereocenters. The van der Waals surface area contributed by atoms with Gasteiger partial charge in [-0.15, -0.1) is 11.3 Å². The van der Waals surface area contributed by atoms with E-state index in [1.54, 1.807) is 30.0 Å². The van der Waals surface area contributed by atoms with Gasteiger partial charge < -0.3 is 9.84 Å². The lowest BCUT2D eigenvalue weighted by Gasteiger charge is -2.23. The molecule has 0 aliphatic carbocycles. The molecule has 0 amide bonds. The minimum atomic E-state index is -0.621. The molecule has 7 heteroatoms. The van der Waals surface area contributed by atoms with Gasteiger partial charge in [0.25, 0.3) is 0 Å². The number of carbonyl (C=O) groups is 2. The highest BCUT2D eigenvalue weighted by molar-refractivity contribution is 8.00. The van der Waals surface area contributed by atoms with Gasteiger partial charge in [0.05, 0.1) is 11.8 Å². The number of carbonyl (C=O) groups excluding carboxylic acids is 2. The largest absolute Gasteiger partial charge is 0.457 e. The summed E-state index contributed by atoms with van der Waals surface area (Å²) < 4.78 is 6.89. The third-order valence-corrected chi connectivity index (χ3v) is 7.96. The van der Waals surface area contributed by atoms with Gasteiger partial charge in [-0.1, -0.05) is 43.7 Å². The van der Waals surface area contributed by atoms with Crippen molar-refractivity contribution in [2.75, 3.05) is 6.26 Å². The minimum absolute atomic E-state index is 0.0221. The van der Waals surface area contributed by atoms with Crippen molar-refractivity contribution in [3.63, 3.8) is 0 Å². The predicted molar refractivity (Wildman–Crippen MR) is 133 cm³/mol. The molecule has 1 aliphatic rings. The van der Waals surface area contributed by atoms with Gasteiger partial charge in [0.15, 0.2) is 0 Å². The fraction of sp³-hybridized carbons (Fsp3) is 0.640. The van der Waals surface area contributed by atoms with Crippen LogP contribution in [0.4, 0.5) is 0 Å². The third kappa shape index (κ3) is 8.49. The number of hydrogen-bond donors (Lipinski definition) is 1. The second kappa shape index (κ2) is 13.3. The molecule has 0 radical (unpaired) electrons. The zero-order valence-corrected chi connectivity index (χ0v) is 21.6. The number of ether oxygens (including phenoxy) is 1. The molecule has 1 aromatic rings. The SMILES string of the molecule is CSc1nc(/C=C(\C)C2C/C(C)=C\CCCCC(O)[C@@H](C)C(=O)C(C)CCC(=O)O2)cs1. The summed E-state index contributed by atoms with van der Waals surface area (Å²) >= 11 is 3.22. The summed E-state index contributed by atoms with van der Waals surface area (Å²) in [6.45, 7) is 7.68. The van der Waals surface area contributed by atoms with Gasteiger partial charge >= 0.3 is 5.97 Å². The summed E-state index contributed by atoms with van der Waals surface area (Å²) in [6, 6.07) is 0. The van der Waals surface area contributed by atoms with Crippen LogP contribution in [0, 0.1) is 11.8 Å². The number of aliphatic hydroxyl groups excluding tert-OH is 1. The molecule has 5 nitrogen and oxygen atoms in total. The molecule has 0 aromatic carbocycles. The molecule has 0 saturated heterocycles. The van der Waals surface area contributed by atoms with Crippen molar-refractivity contribution >= 4 is 40.9 Å². The number of cyclic esters (lactones) is 1. The Bertz CT molecular complexity index is 830. The lowest BCUT2D eigenvalue weighted by Crippen LogP contribution is -2.30. The van der Waals surface area contributed by atoms with E-state index >= 15 is 0 Å². The Labute approximate surface area is 200 Å². The summed E-state index contributed by atoms with van der Waals surface area (Å²) in [5.74, 6) is -0.960. The number of ketones is 1. The number of thioether (sulfide) groups is 1. The summed E-state index contributed by atoms with van der Waals surface area (Å²) in [6.07, 6.45) is 9.86. The van der Waals surface area contributed by atoms with Crippen LogP contribution < -0.4 is 0 Å². The molecular weight excluding hydrogens is 442 g/mol. The van der Waals surface area contributed by atoms with Crippen LogP contribution in [0.5, 0.6) is 0 Å². The lowest BCUT2D eigenvalue weighted by atomic mass is 9.86. The quantitative estimate of drug-likeness (QED) is 0.322. The molecule has 0 bridgehead atoms. The second-order valence-electron chi connectivity index (χ2n) is 8.85. The molecule has 3 unspecified atom stereocenters. The molecule has 0 saturated carbocycles. The molecule has 0 fully saturated rings. The van der Waals surface area contributed by atoms with Gasteiger partial charge in [0.1, 0.15) is 16.2 Å². The van der Waals surface area contributed by atoms with Crippen LogP contribution >= 0.6 is 23.1 Å². The van der Waals surface area contributed by atoms with Gasteiger partial charge in [-0.2, -0.15) is 0 Å². The van der Waals surface area contributed by atoms with Gasteiger partial charge in [0.2, 0.25) is 0 Å². The Morgan fingerprint density at radius 2 is 2.03 bits per heavy atom. The van der Waals surface area contributed by atoms with Crippen molar-refractivity contribution in [3.8, 4) is 0 Å². The number of esters is 1. The van der Waals surface area contributed by atoms with Gasteiger partial charge in [-0.3, -0.25) is 9.59 Å². The minimum Gasteiger partial charge on any atom is -0.457 e. The van der Waals surface area contributed by atoms with Crippen molar-refractivity contribution < 1.29 is 19.4 Å². The van der Waals surface area contributed by atoms with Gasteiger partial charge in [-0.05, 0) is 57.4 Å².